The minimum Gasteiger partial charge on any atom is -0.338 e. The van der Waals surface area contributed by atoms with Gasteiger partial charge < -0.3 is 4.90 Å². The van der Waals surface area contributed by atoms with Crippen molar-refractivity contribution >= 4 is 18.5 Å². The van der Waals surface area contributed by atoms with Crippen molar-refractivity contribution in [1.29, 1.82) is 0 Å². The van der Waals surface area contributed by atoms with Gasteiger partial charge in [-0.25, -0.2) is 0 Å². The molecule has 0 bridgehead atoms. The Morgan fingerprint density at radius 1 is 1.53 bits per heavy atom. The number of rotatable bonds is 5. The molecule has 0 fully saturated rings. The molecule has 0 spiro atoms. The van der Waals surface area contributed by atoms with Gasteiger partial charge in [0.1, 0.15) is 0 Å². The summed E-state index contributed by atoms with van der Waals surface area (Å²) in [7, 11) is 0. The van der Waals surface area contributed by atoms with Gasteiger partial charge in [-0.05, 0) is 18.6 Å². The van der Waals surface area contributed by atoms with E-state index in [1.165, 1.54) is 0 Å². The van der Waals surface area contributed by atoms with E-state index in [0.29, 0.717) is 17.9 Å². The summed E-state index contributed by atoms with van der Waals surface area (Å²) in [5.74, 6) is 0.727. The normalized spacial score (nSPS) is 10.0. The molecular weight excluding hydrogens is 208 g/mol. The summed E-state index contributed by atoms with van der Waals surface area (Å²) in [5, 5.41) is 0. The third-order valence-corrected chi connectivity index (χ3v) is 2.26. The van der Waals surface area contributed by atoms with E-state index in [1.54, 1.807) is 24.5 Å². The van der Waals surface area contributed by atoms with Crippen molar-refractivity contribution < 1.29 is 4.79 Å². The minimum absolute atomic E-state index is 0.0407. The van der Waals surface area contributed by atoms with Gasteiger partial charge in [0.25, 0.3) is 5.91 Å². The van der Waals surface area contributed by atoms with Crippen molar-refractivity contribution in [2.45, 2.75) is 13.3 Å². The van der Waals surface area contributed by atoms with Crippen molar-refractivity contribution in [3.63, 3.8) is 0 Å². The predicted octanol–water partition coefficient (Wildman–Crippen LogP) is 1.86. The number of aromatic nitrogens is 1. The fourth-order valence-corrected chi connectivity index (χ4v) is 1.62. The first-order valence-electron chi connectivity index (χ1n) is 5.09. The number of amides is 1. The molecule has 0 aromatic carbocycles. The number of pyridine rings is 1. The average molecular weight is 224 g/mol. The van der Waals surface area contributed by atoms with E-state index >= 15 is 0 Å². The van der Waals surface area contributed by atoms with Crippen molar-refractivity contribution in [2.75, 3.05) is 18.8 Å². The maximum Gasteiger partial charge on any atom is 0.255 e. The van der Waals surface area contributed by atoms with E-state index < -0.39 is 0 Å². The van der Waals surface area contributed by atoms with Crippen LogP contribution in [0.4, 0.5) is 0 Å². The van der Waals surface area contributed by atoms with Crippen molar-refractivity contribution in [2.24, 2.45) is 0 Å². The minimum atomic E-state index is 0.0407. The van der Waals surface area contributed by atoms with E-state index in [2.05, 4.69) is 24.5 Å². The van der Waals surface area contributed by atoms with E-state index in [-0.39, 0.29) is 5.91 Å². The van der Waals surface area contributed by atoms with Crippen LogP contribution in [0.15, 0.2) is 24.5 Å². The summed E-state index contributed by atoms with van der Waals surface area (Å²) in [5.41, 5.74) is 0.646. The van der Waals surface area contributed by atoms with Crippen molar-refractivity contribution in [1.82, 2.24) is 9.88 Å². The Bertz CT molecular complexity index is 297. The first-order valence-corrected chi connectivity index (χ1v) is 5.73. The highest BCUT2D eigenvalue weighted by atomic mass is 32.1. The lowest BCUT2D eigenvalue weighted by atomic mass is 10.2. The average Bonchev–Trinajstić information content (AvgIpc) is 2.29. The zero-order valence-corrected chi connectivity index (χ0v) is 9.78. The number of nitrogens with zero attached hydrogens (tertiary/aromatic N) is 2. The molecule has 0 aliphatic heterocycles. The van der Waals surface area contributed by atoms with E-state index in [0.717, 1.165) is 13.0 Å². The molecule has 4 heteroatoms. The second-order valence-corrected chi connectivity index (χ2v) is 3.70. The quantitative estimate of drug-likeness (QED) is 0.774. The van der Waals surface area contributed by atoms with Crippen LogP contribution in [0.25, 0.3) is 0 Å². The molecule has 82 valence electrons. The highest BCUT2D eigenvalue weighted by Gasteiger charge is 2.13. The SMILES string of the molecule is CCCN(CCS)C(=O)c1cccnc1. The molecule has 0 atom stereocenters. The van der Waals surface area contributed by atoms with Gasteiger partial charge >= 0.3 is 0 Å². The molecule has 1 aromatic rings. The van der Waals surface area contributed by atoms with Gasteiger partial charge in [0, 0.05) is 31.2 Å². The third-order valence-electron chi connectivity index (χ3n) is 2.06. The molecule has 3 nitrogen and oxygen atoms in total. The molecule has 0 saturated carbocycles. The standard InChI is InChI=1S/C11H16N2OS/c1-2-6-13(7-8-15)11(14)10-4-3-5-12-9-10/h3-5,9,15H,2,6-8H2,1H3. The van der Waals surface area contributed by atoms with Crippen LogP contribution in [0.5, 0.6) is 0 Å². The smallest absolute Gasteiger partial charge is 0.255 e. The molecular formula is C11H16N2OS. The van der Waals surface area contributed by atoms with Crippen LogP contribution in [0.1, 0.15) is 23.7 Å². The van der Waals surface area contributed by atoms with Gasteiger partial charge in [-0.15, -0.1) is 0 Å². The first-order chi connectivity index (χ1) is 7.29. The van der Waals surface area contributed by atoms with Crippen LogP contribution in [0.2, 0.25) is 0 Å². The summed E-state index contributed by atoms with van der Waals surface area (Å²) >= 11 is 4.15. The van der Waals surface area contributed by atoms with E-state index in [9.17, 15) is 4.79 Å². The molecule has 0 N–H and O–H groups in total. The van der Waals surface area contributed by atoms with Crippen molar-refractivity contribution in [3.8, 4) is 0 Å². The van der Waals surface area contributed by atoms with Gasteiger partial charge in [-0.2, -0.15) is 12.6 Å². The summed E-state index contributed by atoms with van der Waals surface area (Å²) in [6, 6.07) is 3.56. The lowest BCUT2D eigenvalue weighted by Gasteiger charge is -2.20. The zero-order valence-electron chi connectivity index (χ0n) is 8.89. The Labute approximate surface area is 95.9 Å². The molecule has 0 aliphatic rings. The van der Waals surface area contributed by atoms with Crippen LogP contribution in [0, 0.1) is 0 Å². The second kappa shape index (κ2) is 6.45. The highest BCUT2D eigenvalue weighted by molar-refractivity contribution is 7.80. The fraction of sp³-hybridized carbons (Fsp3) is 0.455. The molecule has 0 aliphatic carbocycles. The van der Waals surface area contributed by atoms with Gasteiger partial charge in [0.05, 0.1) is 5.56 Å². The van der Waals surface area contributed by atoms with E-state index in [1.807, 2.05) is 4.90 Å². The lowest BCUT2D eigenvalue weighted by molar-refractivity contribution is 0.0766. The maximum absolute atomic E-state index is 12.0. The lowest BCUT2D eigenvalue weighted by Crippen LogP contribution is -2.33. The molecule has 1 heterocycles. The van der Waals surface area contributed by atoms with Crippen LogP contribution >= 0.6 is 12.6 Å². The van der Waals surface area contributed by atoms with Crippen LogP contribution in [-0.2, 0) is 0 Å². The molecule has 1 aromatic heterocycles. The Kier molecular flexibility index (Phi) is 5.18. The van der Waals surface area contributed by atoms with Crippen molar-refractivity contribution in [3.05, 3.63) is 30.1 Å². The molecule has 0 saturated heterocycles. The Hall–Kier alpha value is -1.03. The third kappa shape index (κ3) is 3.55. The summed E-state index contributed by atoms with van der Waals surface area (Å²) in [6.45, 7) is 3.51. The Morgan fingerprint density at radius 3 is 2.87 bits per heavy atom. The van der Waals surface area contributed by atoms with Gasteiger partial charge in [0.2, 0.25) is 0 Å². The topological polar surface area (TPSA) is 33.2 Å². The van der Waals surface area contributed by atoms with Gasteiger partial charge in [0.15, 0.2) is 0 Å². The number of hydrogen-bond acceptors (Lipinski definition) is 3. The molecule has 1 amide bonds. The van der Waals surface area contributed by atoms with E-state index in [4.69, 9.17) is 0 Å². The highest BCUT2D eigenvalue weighted by Crippen LogP contribution is 2.04. The number of carbonyl (C=O) groups excluding carboxylic acids is 1. The largest absolute Gasteiger partial charge is 0.338 e. The van der Waals surface area contributed by atoms with Crippen LogP contribution in [0.3, 0.4) is 0 Å². The number of thiol groups is 1. The second-order valence-electron chi connectivity index (χ2n) is 3.26. The van der Waals surface area contributed by atoms with Gasteiger partial charge in [-0.1, -0.05) is 6.92 Å². The summed E-state index contributed by atoms with van der Waals surface area (Å²) in [6.07, 6.45) is 4.23. The zero-order chi connectivity index (χ0) is 11.1. The number of carbonyl (C=O) groups is 1. The van der Waals surface area contributed by atoms with Crippen LogP contribution in [-0.4, -0.2) is 34.6 Å². The summed E-state index contributed by atoms with van der Waals surface area (Å²) in [4.78, 5) is 17.7. The Balaban J connectivity index is 2.71. The molecule has 15 heavy (non-hydrogen) atoms. The van der Waals surface area contributed by atoms with Gasteiger partial charge in [-0.3, -0.25) is 9.78 Å². The monoisotopic (exact) mass is 224 g/mol. The molecule has 1 rings (SSSR count). The first kappa shape index (κ1) is 12.0. The Morgan fingerprint density at radius 2 is 2.33 bits per heavy atom. The predicted molar refractivity (Wildman–Crippen MR) is 64.3 cm³/mol. The molecule has 0 radical (unpaired) electrons. The number of hydrogen-bond donors (Lipinski definition) is 1. The maximum atomic E-state index is 12.0. The fourth-order valence-electron chi connectivity index (χ4n) is 1.38. The van der Waals surface area contributed by atoms with Crippen LogP contribution < -0.4 is 0 Å². The molecule has 0 unspecified atom stereocenters. The summed E-state index contributed by atoms with van der Waals surface area (Å²) < 4.78 is 0.